The fourth-order valence-corrected chi connectivity index (χ4v) is 1.79. The first kappa shape index (κ1) is 10.3. The van der Waals surface area contributed by atoms with Crippen molar-refractivity contribution in [3.8, 4) is 0 Å². The molecule has 0 radical (unpaired) electrons. The second kappa shape index (κ2) is 4.54. The summed E-state index contributed by atoms with van der Waals surface area (Å²) in [6.07, 6.45) is 5.26. The van der Waals surface area contributed by atoms with Crippen LogP contribution < -0.4 is 5.32 Å². The van der Waals surface area contributed by atoms with E-state index in [1.807, 2.05) is 12.1 Å². The maximum absolute atomic E-state index is 5.84. The summed E-state index contributed by atoms with van der Waals surface area (Å²) >= 11 is 5.84. The fourth-order valence-electron chi connectivity index (χ4n) is 1.67. The van der Waals surface area contributed by atoms with E-state index in [9.17, 15) is 0 Å². The van der Waals surface area contributed by atoms with Gasteiger partial charge in [0, 0.05) is 23.7 Å². The van der Waals surface area contributed by atoms with Gasteiger partial charge in [0.1, 0.15) is 0 Å². The van der Waals surface area contributed by atoms with Crippen molar-refractivity contribution < 1.29 is 0 Å². The van der Waals surface area contributed by atoms with Gasteiger partial charge in [0.05, 0.1) is 0 Å². The lowest BCUT2D eigenvalue weighted by Crippen LogP contribution is -2.19. The molecular weight excluding hydrogens is 206 g/mol. The maximum Gasteiger partial charge on any atom is 0.0406 e. The highest BCUT2D eigenvalue weighted by atomic mass is 35.5. The molecule has 0 atom stereocenters. The van der Waals surface area contributed by atoms with Crippen molar-refractivity contribution in [3.63, 3.8) is 0 Å². The zero-order valence-corrected chi connectivity index (χ0v) is 9.51. The molecule has 0 saturated carbocycles. The number of allylic oxidation sites excluding steroid dienone is 3. The standard InChI is InChI=1S/C13H14ClN/c1-10-3-2-8-15-13(10)9-11-4-6-12(14)7-5-11/h2-7,15H,8-9H2,1H3. The zero-order chi connectivity index (χ0) is 10.7. The minimum absolute atomic E-state index is 0.793. The molecule has 78 valence electrons. The molecule has 0 bridgehead atoms. The topological polar surface area (TPSA) is 12.0 Å². The summed E-state index contributed by atoms with van der Waals surface area (Å²) in [5.74, 6) is 0. The van der Waals surface area contributed by atoms with Gasteiger partial charge in [-0.1, -0.05) is 35.9 Å². The van der Waals surface area contributed by atoms with Crippen LogP contribution in [0.1, 0.15) is 12.5 Å². The van der Waals surface area contributed by atoms with E-state index in [1.54, 1.807) is 0 Å². The number of benzene rings is 1. The molecule has 0 aromatic heterocycles. The van der Waals surface area contributed by atoms with Gasteiger partial charge in [-0.05, 0) is 30.2 Å². The predicted molar refractivity (Wildman–Crippen MR) is 65.0 cm³/mol. The number of halogens is 1. The summed E-state index contributed by atoms with van der Waals surface area (Å²) in [5, 5.41) is 4.18. The van der Waals surface area contributed by atoms with Gasteiger partial charge >= 0.3 is 0 Å². The Bertz CT molecular complexity index is 401. The second-order valence-electron chi connectivity index (χ2n) is 3.75. The van der Waals surface area contributed by atoms with Gasteiger partial charge in [0.2, 0.25) is 0 Å². The Hall–Kier alpha value is -1.21. The summed E-state index contributed by atoms with van der Waals surface area (Å²) in [6, 6.07) is 8.02. The summed E-state index contributed by atoms with van der Waals surface area (Å²) in [5.41, 5.74) is 3.91. The molecule has 0 aliphatic carbocycles. The highest BCUT2D eigenvalue weighted by Crippen LogP contribution is 2.15. The Morgan fingerprint density at radius 3 is 2.67 bits per heavy atom. The average Bonchev–Trinajstić information content (AvgIpc) is 2.25. The van der Waals surface area contributed by atoms with Crippen molar-refractivity contribution in [2.24, 2.45) is 0 Å². The maximum atomic E-state index is 5.84. The third kappa shape index (κ3) is 2.63. The first-order valence-electron chi connectivity index (χ1n) is 5.10. The fraction of sp³-hybridized carbons (Fsp3) is 0.231. The highest BCUT2D eigenvalue weighted by molar-refractivity contribution is 6.30. The van der Waals surface area contributed by atoms with Gasteiger partial charge in [0.25, 0.3) is 0 Å². The van der Waals surface area contributed by atoms with Gasteiger partial charge in [0.15, 0.2) is 0 Å². The summed E-state index contributed by atoms with van der Waals surface area (Å²) in [4.78, 5) is 0. The van der Waals surface area contributed by atoms with E-state index in [0.29, 0.717) is 0 Å². The first-order chi connectivity index (χ1) is 7.25. The molecule has 15 heavy (non-hydrogen) atoms. The van der Waals surface area contributed by atoms with Gasteiger partial charge in [-0.15, -0.1) is 0 Å². The summed E-state index contributed by atoms with van der Waals surface area (Å²) in [7, 11) is 0. The van der Waals surface area contributed by atoms with Crippen molar-refractivity contribution >= 4 is 11.6 Å². The highest BCUT2D eigenvalue weighted by Gasteiger charge is 2.04. The normalized spacial score (nSPS) is 15.3. The molecule has 0 amide bonds. The third-order valence-corrected chi connectivity index (χ3v) is 2.82. The second-order valence-corrected chi connectivity index (χ2v) is 4.18. The number of rotatable bonds is 2. The molecule has 1 N–H and O–H groups in total. The van der Waals surface area contributed by atoms with Crippen molar-refractivity contribution in [1.82, 2.24) is 5.32 Å². The molecule has 2 rings (SSSR count). The van der Waals surface area contributed by atoms with E-state index in [1.165, 1.54) is 16.8 Å². The van der Waals surface area contributed by atoms with Crippen molar-refractivity contribution in [2.75, 3.05) is 6.54 Å². The van der Waals surface area contributed by atoms with Gasteiger partial charge in [-0.25, -0.2) is 0 Å². The summed E-state index contributed by atoms with van der Waals surface area (Å²) in [6.45, 7) is 3.06. The van der Waals surface area contributed by atoms with E-state index < -0.39 is 0 Å². The molecule has 0 fully saturated rings. The molecule has 0 unspecified atom stereocenters. The molecule has 1 aliphatic heterocycles. The van der Waals surface area contributed by atoms with Crippen LogP contribution in [0.5, 0.6) is 0 Å². The SMILES string of the molecule is CC1=C(Cc2ccc(Cl)cc2)NCC=C1. The Kier molecular flexibility index (Phi) is 3.12. The van der Waals surface area contributed by atoms with Crippen LogP contribution in [-0.2, 0) is 6.42 Å². The zero-order valence-electron chi connectivity index (χ0n) is 8.76. The first-order valence-corrected chi connectivity index (χ1v) is 5.48. The van der Waals surface area contributed by atoms with Crippen LogP contribution in [-0.4, -0.2) is 6.54 Å². The van der Waals surface area contributed by atoms with Crippen LogP contribution in [0.2, 0.25) is 5.02 Å². The van der Waals surface area contributed by atoms with Crippen LogP contribution in [0.25, 0.3) is 0 Å². The molecule has 0 saturated heterocycles. The van der Waals surface area contributed by atoms with Crippen LogP contribution in [0.3, 0.4) is 0 Å². The summed E-state index contributed by atoms with van der Waals surface area (Å²) < 4.78 is 0. The van der Waals surface area contributed by atoms with Crippen molar-refractivity contribution in [1.29, 1.82) is 0 Å². The number of dihydropyridines is 1. The van der Waals surface area contributed by atoms with Crippen LogP contribution in [0.15, 0.2) is 47.7 Å². The molecule has 1 aromatic carbocycles. The molecule has 1 aliphatic rings. The molecule has 1 aromatic rings. The van der Waals surface area contributed by atoms with Crippen molar-refractivity contribution in [2.45, 2.75) is 13.3 Å². The van der Waals surface area contributed by atoms with Gasteiger partial charge in [-0.2, -0.15) is 0 Å². The minimum Gasteiger partial charge on any atom is -0.384 e. The Morgan fingerprint density at radius 1 is 1.27 bits per heavy atom. The molecule has 1 nitrogen and oxygen atoms in total. The van der Waals surface area contributed by atoms with E-state index in [-0.39, 0.29) is 0 Å². The van der Waals surface area contributed by atoms with Crippen LogP contribution >= 0.6 is 11.6 Å². The lowest BCUT2D eigenvalue weighted by molar-refractivity contribution is 0.828. The van der Waals surface area contributed by atoms with Gasteiger partial charge < -0.3 is 5.32 Å². The number of hydrogen-bond donors (Lipinski definition) is 1. The third-order valence-electron chi connectivity index (χ3n) is 2.57. The molecule has 1 heterocycles. The van der Waals surface area contributed by atoms with Gasteiger partial charge in [-0.3, -0.25) is 0 Å². The quantitative estimate of drug-likeness (QED) is 0.805. The minimum atomic E-state index is 0.793. The number of nitrogens with one attached hydrogen (secondary N) is 1. The van der Waals surface area contributed by atoms with E-state index >= 15 is 0 Å². The average molecular weight is 220 g/mol. The largest absolute Gasteiger partial charge is 0.384 e. The monoisotopic (exact) mass is 219 g/mol. The van der Waals surface area contributed by atoms with Crippen molar-refractivity contribution in [3.05, 3.63) is 58.3 Å². The lowest BCUT2D eigenvalue weighted by atomic mass is 10.0. The Balaban J connectivity index is 2.15. The smallest absolute Gasteiger partial charge is 0.0406 e. The molecule has 2 heteroatoms. The van der Waals surface area contributed by atoms with E-state index in [4.69, 9.17) is 11.6 Å². The molecule has 0 spiro atoms. The van der Waals surface area contributed by atoms with Crippen LogP contribution in [0, 0.1) is 0 Å². The molecular formula is C13H14ClN. The number of hydrogen-bond acceptors (Lipinski definition) is 1. The predicted octanol–water partition coefficient (Wildman–Crippen LogP) is 3.32. The van der Waals surface area contributed by atoms with E-state index in [2.05, 4.69) is 36.5 Å². The Labute approximate surface area is 95.5 Å². The lowest BCUT2D eigenvalue weighted by Gasteiger charge is -2.15. The Morgan fingerprint density at radius 2 is 2.00 bits per heavy atom. The van der Waals surface area contributed by atoms with E-state index in [0.717, 1.165) is 18.0 Å². The van der Waals surface area contributed by atoms with Crippen LogP contribution in [0.4, 0.5) is 0 Å².